The third-order valence-corrected chi connectivity index (χ3v) is 12.9. The zero-order valence-corrected chi connectivity index (χ0v) is 42.4. The fourth-order valence-electron chi connectivity index (χ4n) is 8.54. The molecule has 66 heavy (non-hydrogen) atoms. The van der Waals surface area contributed by atoms with Gasteiger partial charge in [-0.3, -0.25) is 4.79 Å². The van der Waals surface area contributed by atoms with Gasteiger partial charge in [0.25, 0.3) is 0 Å². The van der Waals surface area contributed by atoms with E-state index in [1.807, 2.05) is 0 Å². The number of hydrogen-bond acceptors (Lipinski definition) is 8. The molecule has 1 saturated heterocycles. The van der Waals surface area contributed by atoms with Gasteiger partial charge in [0, 0.05) is 6.42 Å². The first-order chi connectivity index (χ1) is 32.3. The molecule has 1 rings (SSSR count). The number of amides is 1. The van der Waals surface area contributed by atoms with Gasteiger partial charge in [-0.15, -0.1) is 0 Å². The van der Waals surface area contributed by atoms with Crippen LogP contribution in [0.1, 0.15) is 239 Å². The maximum absolute atomic E-state index is 13.0. The van der Waals surface area contributed by atoms with Crippen molar-refractivity contribution < 1.29 is 39.8 Å². The van der Waals surface area contributed by atoms with Crippen molar-refractivity contribution in [2.45, 2.75) is 281 Å². The molecule has 0 aliphatic carbocycles. The predicted octanol–water partition coefficient (Wildman–Crippen LogP) is 13.1. The molecule has 0 aromatic heterocycles. The molecule has 1 aliphatic heterocycles. The molecule has 7 atom stereocenters. The number of ether oxygens (including phenoxy) is 2. The van der Waals surface area contributed by atoms with Crippen molar-refractivity contribution in [3.8, 4) is 0 Å². The number of allylic oxidation sites excluding steroid dienone is 10. The summed E-state index contributed by atoms with van der Waals surface area (Å²) in [6, 6.07) is -0.740. The third-order valence-electron chi connectivity index (χ3n) is 12.9. The molecule has 0 bridgehead atoms. The van der Waals surface area contributed by atoms with E-state index in [1.54, 1.807) is 0 Å². The normalized spacial score (nSPS) is 20.3. The second kappa shape index (κ2) is 46.6. The molecule has 0 radical (unpaired) electrons. The summed E-state index contributed by atoms with van der Waals surface area (Å²) in [7, 11) is 0. The Morgan fingerprint density at radius 3 is 1.38 bits per heavy atom. The van der Waals surface area contributed by atoms with Crippen molar-refractivity contribution in [3.63, 3.8) is 0 Å². The Balaban J connectivity index is 2.26. The first-order valence-corrected chi connectivity index (χ1v) is 27.5. The van der Waals surface area contributed by atoms with Crippen LogP contribution >= 0.6 is 0 Å². The molecular formula is C57H103NO8. The maximum Gasteiger partial charge on any atom is 0.220 e. The number of rotatable bonds is 46. The van der Waals surface area contributed by atoms with Crippen molar-refractivity contribution in [1.82, 2.24) is 5.32 Å². The molecule has 9 nitrogen and oxygen atoms in total. The summed E-state index contributed by atoms with van der Waals surface area (Å²) in [5.41, 5.74) is 0. The van der Waals surface area contributed by atoms with E-state index in [0.717, 1.165) is 77.0 Å². The molecule has 1 aliphatic rings. The van der Waals surface area contributed by atoms with E-state index < -0.39 is 49.5 Å². The van der Waals surface area contributed by atoms with Crippen LogP contribution < -0.4 is 5.32 Å². The van der Waals surface area contributed by atoms with Crippen LogP contribution in [0.5, 0.6) is 0 Å². The third kappa shape index (κ3) is 36.0. The molecule has 0 spiro atoms. The highest BCUT2D eigenvalue weighted by atomic mass is 16.7. The van der Waals surface area contributed by atoms with Gasteiger partial charge in [0.2, 0.25) is 5.91 Å². The van der Waals surface area contributed by atoms with Crippen LogP contribution in [-0.4, -0.2) is 87.5 Å². The monoisotopic (exact) mass is 930 g/mol. The molecule has 384 valence electrons. The predicted molar refractivity (Wildman–Crippen MR) is 276 cm³/mol. The fraction of sp³-hybridized carbons (Fsp3) is 0.807. The van der Waals surface area contributed by atoms with Crippen molar-refractivity contribution in [2.75, 3.05) is 13.2 Å². The SMILES string of the molecule is CC/C=C\C/C=C\C/C=C\C/C=C\C/C=C\CCCCCC(=O)NC(COC1OC(CO)C(O)C(O)C1O)C(O)CCCCCCCCCCCCCCCCCCCCCCCCCC. The minimum absolute atomic E-state index is 0.154. The topological polar surface area (TPSA) is 149 Å². The zero-order valence-electron chi connectivity index (χ0n) is 42.4. The summed E-state index contributed by atoms with van der Waals surface area (Å²) in [4.78, 5) is 13.0. The Bertz CT molecular complexity index is 1220. The van der Waals surface area contributed by atoms with Crippen LogP contribution in [0.25, 0.3) is 0 Å². The van der Waals surface area contributed by atoms with Crippen molar-refractivity contribution in [3.05, 3.63) is 60.8 Å². The van der Waals surface area contributed by atoms with E-state index in [-0.39, 0.29) is 12.5 Å². The van der Waals surface area contributed by atoms with E-state index in [0.29, 0.717) is 12.8 Å². The summed E-state index contributed by atoms with van der Waals surface area (Å²) < 4.78 is 11.3. The number of aliphatic hydroxyl groups excluding tert-OH is 5. The number of unbranched alkanes of at least 4 members (excludes halogenated alkanes) is 26. The van der Waals surface area contributed by atoms with Crippen LogP contribution in [-0.2, 0) is 14.3 Å². The Hall–Kier alpha value is -2.11. The minimum Gasteiger partial charge on any atom is -0.394 e. The van der Waals surface area contributed by atoms with Gasteiger partial charge in [-0.05, 0) is 57.8 Å². The zero-order chi connectivity index (χ0) is 48.0. The van der Waals surface area contributed by atoms with Gasteiger partial charge in [-0.25, -0.2) is 0 Å². The smallest absolute Gasteiger partial charge is 0.220 e. The van der Waals surface area contributed by atoms with Crippen LogP contribution in [0.4, 0.5) is 0 Å². The Labute approximate surface area is 405 Å². The second-order valence-electron chi connectivity index (χ2n) is 19.0. The molecular weight excluding hydrogens is 827 g/mol. The van der Waals surface area contributed by atoms with Crippen molar-refractivity contribution in [2.24, 2.45) is 0 Å². The average molecular weight is 930 g/mol. The lowest BCUT2D eigenvalue weighted by Gasteiger charge is -2.40. The Morgan fingerprint density at radius 1 is 0.530 bits per heavy atom. The quantitative estimate of drug-likeness (QED) is 0.0261. The maximum atomic E-state index is 13.0. The largest absolute Gasteiger partial charge is 0.394 e. The van der Waals surface area contributed by atoms with E-state index in [1.165, 1.54) is 135 Å². The lowest BCUT2D eigenvalue weighted by Crippen LogP contribution is -2.60. The van der Waals surface area contributed by atoms with Crippen molar-refractivity contribution in [1.29, 1.82) is 0 Å². The molecule has 9 heteroatoms. The van der Waals surface area contributed by atoms with Gasteiger partial charge < -0.3 is 40.3 Å². The summed E-state index contributed by atoms with van der Waals surface area (Å²) in [5.74, 6) is -0.175. The first kappa shape index (κ1) is 61.9. The van der Waals surface area contributed by atoms with Gasteiger partial charge in [-0.1, -0.05) is 235 Å². The molecule has 6 N–H and O–H groups in total. The average Bonchev–Trinajstić information content (AvgIpc) is 3.32. The molecule has 0 saturated carbocycles. The summed E-state index contributed by atoms with van der Waals surface area (Å²) in [5, 5.41) is 54.6. The number of carbonyl (C=O) groups is 1. The second-order valence-corrected chi connectivity index (χ2v) is 19.0. The number of nitrogens with one attached hydrogen (secondary N) is 1. The molecule has 1 heterocycles. The standard InChI is InChI=1S/C57H103NO8/c1-3-5-7-9-11-13-15-17-19-21-23-24-25-26-27-29-30-32-34-36-38-40-42-44-46-51(60)50(49-65-57-56(64)55(63)54(62)52(48-59)66-57)58-53(61)47-45-43-41-39-37-35-33-31-28-22-20-18-16-14-12-10-8-6-4-2/h6,8,12,14,18,20,28,31,35,37,50-52,54-57,59-60,62-64H,3-5,7,9-11,13,15-17,19,21-27,29-30,32-34,36,38-49H2,1-2H3,(H,58,61)/b8-6-,14-12-,20-18-,31-28-,37-35-. The van der Waals surface area contributed by atoms with Gasteiger partial charge in [-0.2, -0.15) is 0 Å². The molecule has 0 aromatic rings. The van der Waals surface area contributed by atoms with E-state index in [4.69, 9.17) is 9.47 Å². The van der Waals surface area contributed by atoms with Crippen LogP contribution in [0, 0.1) is 0 Å². The molecule has 1 amide bonds. The number of hydrogen-bond donors (Lipinski definition) is 6. The van der Waals surface area contributed by atoms with Crippen molar-refractivity contribution >= 4 is 5.91 Å². The van der Waals surface area contributed by atoms with Crippen LogP contribution in [0.2, 0.25) is 0 Å². The van der Waals surface area contributed by atoms with Crippen LogP contribution in [0.15, 0.2) is 60.8 Å². The van der Waals surface area contributed by atoms with Gasteiger partial charge >= 0.3 is 0 Å². The Morgan fingerprint density at radius 2 is 0.939 bits per heavy atom. The lowest BCUT2D eigenvalue weighted by atomic mass is 9.99. The minimum atomic E-state index is -1.56. The molecule has 7 unspecified atom stereocenters. The fourth-order valence-corrected chi connectivity index (χ4v) is 8.54. The van der Waals surface area contributed by atoms with Gasteiger partial charge in [0.1, 0.15) is 24.4 Å². The first-order valence-electron chi connectivity index (χ1n) is 27.5. The highest BCUT2D eigenvalue weighted by molar-refractivity contribution is 5.76. The van der Waals surface area contributed by atoms with E-state index >= 15 is 0 Å². The summed E-state index contributed by atoms with van der Waals surface area (Å²) in [6.45, 7) is 3.72. The summed E-state index contributed by atoms with van der Waals surface area (Å²) >= 11 is 0. The number of aliphatic hydroxyl groups is 5. The van der Waals surface area contributed by atoms with Crippen LogP contribution in [0.3, 0.4) is 0 Å². The summed E-state index contributed by atoms with van der Waals surface area (Å²) in [6.07, 6.45) is 55.3. The Kier molecular flexibility index (Phi) is 43.7. The molecule has 0 aromatic carbocycles. The highest BCUT2D eigenvalue weighted by Gasteiger charge is 2.44. The molecule has 1 fully saturated rings. The highest BCUT2D eigenvalue weighted by Crippen LogP contribution is 2.23. The van der Waals surface area contributed by atoms with E-state index in [2.05, 4.69) is 79.9 Å². The van der Waals surface area contributed by atoms with Gasteiger partial charge in [0.15, 0.2) is 6.29 Å². The number of carbonyl (C=O) groups excluding carboxylic acids is 1. The lowest BCUT2D eigenvalue weighted by molar-refractivity contribution is -0.302. The van der Waals surface area contributed by atoms with Gasteiger partial charge in [0.05, 0.1) is 25.4 Å². The van der Waals surface area contributed by atoms with E-state index in [9.17, 15) is 30.3 Å².